The Balaban J connectivity index is 1.32. The normalized spacial score (nSPS) is 15.7. The van der Waals surface area contributed by atoms with Gasteiger partial charge < -0.3 is 14.5 Å². The molecule has 0 radical (unpaired) electrons. The Morgan fingerprint density at radius 2 is 2.00 bits per heavy atom. The molecule has 1 aliphatic rings. The van der Waals surface area contributed by atoms with Crippen LogP contribution in [-0.2, 0) is 13.0 Å². The molecule has 0 unspecified atom stereocenters. The lowest BCUT2D eigenvalue weighted by Crippen LogP contribution is -2.49. The van der Waals surface area contributed by atoms with E-state index in [1.807, 2.05) is 41.6 Å². The highest BCUT2D eigenvalue weighted by molar-refractivity contribution is 5.98. The molecule has 0 spiro atoms. The molecule has 6 nitrogen and oxygen atoms in total. The van der Waals surface area contributed by atoms with Crippen molar-refractivity contribution in [2.24, 2.45) is 0 Å². The summed E-state index contributed by atoms with van der Waals surface area (Å²) < 4.78 is 2.23. The molecule has 1 aromatic carbocycles. The number of amides is 1. The molecule has 0 atom stereocenters. The second-order valence-electron chi connectivity index (χ2n) is 6.80. The van der Waals surface area contributed by atoms with Gasteiger partial charge >= 0.3 is 0 Å². The van der Waals surface area contributed by atoms with Crippen molar-refractivity contribution in [3.05, 3.63) is 54.2 Å². The summed E-state index contributed by atoms with van der Waals surface area (Å²) in [7, 11) is 0. The number of imidazole rings is 1. The lowest BCUT2D eigenvalue weighted by atomic mass is 10.1. The number of benzene rings is 1. The number of piperazine rings is 1. The topological polar surface area (TPSA) is 57.2 Å². The fraction of sp³-hybridized carbons (Fsp3) is 0.400. The van der Waals surface area contributed by atoms with E-state index < -0.39 is 0 Å². The van der Waals surface area contributed by atoms with Gasteiger partial charge in [-0.3, -0.25) is 9.69 Å². The minimum Gasteiger partial charge on any atom is -0.361 e. The molecule has 6 heteroatoms. The standard InChI is InChI=1S/C20H25N5O/c1-2-19-22-7-8-24(19)12-9-23-10-13-25(14-11-23)20(26)17-3-4-18-16(15-17)5-6-21-18/h3-8,15,21H,2,9-14H2,1H3. The highest BCUT2D eigenvalue weighted by atomic mass is 16.2. The third kappa shape index (κ3) is 3.37. The Bertz CT molecular complexity index is 888. The summed E-state index contributed by atoms with van der Waals surface area (Å²) in [6, 6.07) is 7.88. The van der Waals surface area contributed by atoms with E-state index in [9.17, 15) is 4.79 Å². The van der Waals surface area contributed by atoms with Crippen LogP contribution in [0.4, 0.5) is 0 Å². The van der Waals surface area contributed by atoms with Gasteiger partial charge in [-0.05, 0) is 24.3 Å². The summed E-state index contributed by atoms with van der Waals surface area (Å²) in [5.41, 5.74) is 1.84. The molecule has 4 rings (SSSR count). The molecular weight excluding hydrogens is 326 g/mol. The van der Waals surface area contributed by atoms with Crippen molar-refractivity contribution in [2.45, 2.75) is 19.9 Å². The van der Waals surface area contributed by atoms with Crippen LogP contribution in [0.2, 0.25) is 0 Å². The SMILES string of the molecule is CCc1nccn1CCN1CCN(C(=O)c2ccc3[nH]ccc3c2)CC1. The van der Waals surface area contributed by atoms with Gasteiger partial charge in [0, 0.05) is 80.7 Å². The van der Waals surface area contributed by atoms with Crippen LogP contribution in [0.5, 0.6) is 0 Å². The summed E-state index contributed by atoms with van der Waals surface area (Å²) >= 11 is 0. The molecule has 0 bridgehead atoms. The Labute approximate surface area is 153 Å². The van der Waals surface area contributed by atoms with Crippen molar-refractivity contribution in [1.82, 2.24) is 24.3 Å². The monoisotopic (exact) mass is 351 g/mol. The van der Waals surface area contributed by atoms with E-state index in [1.54, 1.807) is 0 Å². The van der Waals surface area contributed by atoms with Crippen LogP contribution in [0.1, 0.15) is 23.1 Å². The van der Waals surface area contributed by atoms with Gasteiger partial charge in [-0.1, -0.05) is 6.92 Å². The number of fused-ring (bicyclic) bond motifs is 1. The maximum absolute atomic E-state index is 12.8. The minimum atomic E-state index is 0.135. The van der Waals surface area contributed by atoms with Crippen LogP contribution in [-0.4, -0.2) is 63.0 Å². The second-order valence-corrected chi connectivity index (χ2v) is 6.80. The van der Waals surface area contributed by atoms with Gasteiger partial charge in [-0.2, -0.15) is 0 Å². The van der Waals surface area contributed by atoms with Crippen LogP contribution in [0.15, 0.2) is 42.9 Å². The average molecular weight is 351 g/mol. The lowest BCUT2D eigenvalue weighted by molar-refractivity contribution is 0.0633. The maximum Gasteiger partial charge on any atom is 0.253 e. The first-order valence-corrected chi connectivity index (χ1v) is 9.33. The first kappa shape index (κ1) is 16.8. The van der Waals surface area contributed by atoms with Gasteiger partial charge in [0.1, 0.15) is 5.82 Å². The van der Waals surface area contributed by atoms with E-state index >= 15 is 0 Å². The van der Waals surface area contributed by atoms with E-state index in [1.165, 1.54) is 0 Å². The van der Waals surface area contributed by atoms with Gasteiger partial charge in [0.15, 0.2) is 0 Å². The van der Waals surface area contributed by atoms with Crippen molar-refractivity contribution in [3.8, 4) is 0 Å². The molecule has 2 aromatic heterocycles. The van der Waals surface area contributed by atoms with E-state index in [0.717, 1.165) is 68.0 Å². The van der Waals surface area contributed by atoms with Crippen molar-refractivity contribution in [3.63, 3.8) is 0 Å². The molecular formula is C20H25N5O. The third-order valence-electron chi connectivity index (χ3n) is 5.23. The summed E-state index contributed by atoms with van der Waals surface area (Å²) in [5.74, 6) is 1.27. The van der Waals surface area contributed by atoms with Crippen molar-refractivity contribution in [2.75, 3.05) is 32.7 Å². The number of rotatable bonds is 5. The zero-order chi connectivity index (χ0) is 17.9. The first-order valence-electron chi connectivity index (χ1n) is 9.33. The molecule has 26 heavy (non-hydrogen) atoms. The number of nitrogens with zero attached hydrogens (tertiary/aromatic N) is 4. The molecule has 1 amide bonds. The number of H-pyrrole nitrogens is 1. The minimum absolute atomic E-state index is 0.135. The predicted molar refractivity (Wildman–Crippen MR) is 102 cm³/mol. The van der Waals surface area contributed by atoms with Crippen molar-refractivity contribution < 1.29 is 4.79 Å². The maximum atomic E-state index is 12.8. The van der Waals surface area contributed by atoms with Crippen LogP contribution >= 0.6 is 0 Å². The van der Waals surface area contributed by atoms with Gasteiger partial charge in [0.25, 0.3) is 5.91 Å². The van der Waals surface area contributed by atoms with E-state index in [-0.39, 0.29) is 5.91 Å². The molecule has 0 aliphatic carbocycles. The Hall–Kier alpha value is -2.60. The number of hydrogen-bond donors (Lipinski definition) is 1. The summed E-state index contributed by atoms with van der Waals surface area (Å²) in [5, 5.41) is 1.08. The van der Waals surface area contributed by atoms with Gasteiger partial charge in [0.2, 0.25) is 0 Å². The summed E-state index contributed by atoms with van der Waals surface area (Å²) in [6.45, 7) is 7.52. The average Bonchev–Trinajstić information content (AvgIpc) is 3.34. The molecule has 3 heterocycles. The zero-order valence-electron chi connectivity index (χ0n) is 15.2. The van der Waals surface area contributed by atoms with Crippen molar-refractivity contribution >= 4 is 16.8 Å². The summed E-state index contributed by atoms with van der Waals surface area (Å²) in [6.07, 6.45) is 6.79. The molecule has 1 N–H and O–H groups in total. The number of hydrogen-bond acceptors (Lipinski definition) is 3. The second kappa shape index (κ2) is 7.33. The van der Waals surface area contributed by atoms with Gasteiger partial charge in [-0.15, -0.1) is 0 Å². The number of nitrogens with one attached hydrogen (secondary N) is 1. The van der Waals surface area contributed by atoms with Crippen LogP contribution < -0.4 is 0 Å². The van der Waals surface area contributed by atoms with Crippen LogP contribution in [0, 0.1) is 0 Å². The lowest BCUT2D eigenvalue weighted by Gasteiger charge is -2.35. The van der Waals surface area contributed by atoms with E-state index in [2.05, 4.69) is 32.6 Å². The summed E-state index contributed by atoms with van der Waals surface area (Å²) in [4.78, 5) is 24.7. The first-order chi connectivity index (χ1) is 12.7. The number of aromatic nitrogens is 3. The smallest absolute Gasteiger partial charge is 0.253 e. The Morgan fingerprint density at radius 1 is 1.15 bits per heavy atom. The molecule has 1 aliphatic heterocycles. The number of carbonyl (C=O) groups is 1. The van der Waals surface area contributed by atoms with Crippen molar-refractivity contribution in [1.29, 1.82) is 0 Å². The highest BCUT2D eigenvalue weighted by Gasteiger charge is 2.22. The molecule has 0 saturated carbocycles. The number of carbonyl (C=O) groups excluding carboxylic acids is 1. The third-order valence-corrected chi connectivity index (χ3v) is 5.23. The van der Waals surface area contributed by atoms with Crippen LogP contribution in [0.25, 0.3) is 10.9 Å². The molecule has 136 valence electrons. The largest absolute Gasteiger partial charge is 0.361 e. The molecule has 3 aromatic rings. The zero-order valence-corrected chi connectivity index (χ0v) is 15.2. The highest BCUT2D eigenvalue weighted by Crippen LogP contribution is 2.16. The molecule has 1 saturated heterocycles. The fourth-order valence-corrected chi connectivity index (χ4v) is 3.65. The quantitative estimate of drug-likeness (QED) is 0.768. The van der Waals surface area contributed by atoms with E-state index in [0.29, 0.717) is 0 Å². The van der Waals surface area contributed by atoms with Crippen LogP contribution in [0.3, 0.4) is 0 Å². The Morgan fingerprint density at radius 3 is 2.81 bits per heavy atom. The van der Waals surface area contributed by atoms with Gasteiger partial charge in [-0.25, -0.2) is 4.98 Å². The number of aryl methyl sites for hydroxylation is 1. The Kier molecular flexibility index (Phi) is 4.75. The van der Waals surface area contributed by atoms with E-state index in [4.69, 9.17) is 0 Å². The molecule has 1 fully saturated rings. The van der Waals surface area contributed by atoms with Gasteiger partial charge in [0.05, 0.1) is 0 Å². The number of aromatic amines is 1. The predicted octanol–water partition coefficient (Wildman–Crippen LogP) is 2.38. The fourth-order valence-electron chi connectivity index (χ4n) is 3.65.